The number of allylic oxidation sites excluding steroid dienone is 6. The Kier molecular flexibility index (Phi) is 9.60. The van der Waals surface area contributed by atoms with Crippen molar-refractivity contribution in [3.05, 3.63) is 244 Å². The largest absolute Gasteiger partial charge is 0.334 e. The number of nitrogens with zero attached hydrogens (tertiary/aromatic N) is 2. The fourth-order valence-corrected chi connectivity index (χ4v) is 12.6. The summed E-state index contributed by atoms with van der Waals surface area (Å²) in [5, 5.41) is 10.5. The summed E-state index contributed by atoms with van der Waals surface area (Å²) in [4.78, 5) is 5.15. The van der Waals surface area contributed by atoms with Gasteiger partial charge in [-0.15, -0.1) is 0 Å². The van der Waals surface area contributed by atoms with Crippen LogP contribution in [-0.4, -0.2) is 6.04 Å². The van der Waals surface area contributed by atoms with Crippen molar-refractivity contribution in [1.82, 2.24) is 0 Å². The lowest BCUT2D eigenvalue weighted by Crippen LogP contribution is -2.36. The molecule has 2 heteroatoms. The third-order valence-corrected chi connectivity index (χ3v) is 16.1. The van der Waals surface area contributed by atoms with E-state index >= 15 is 0 Å². The Bertz CT molecular complexity index is 3720. The molecule has 0 N–H and O–H groups in total. The number of fused-ring (bicyclic) bond motifs is 7. The molecule has 69 heavy (non-hydrogen) atoms. The van der Waals surface area contributed by atoms with E-state index in [0.29, 0.717) is 0 Å². The molecule has 1 atom stereocenters. The molecular weight excluding hydrogens is 833 g/mol. The van der Waals surface area contributed by atoms with E-state index in [9.17, 15) is 0 Å². The molecular formula is C67H56N2. The van der Waals surface area contributed by atoms with Crippen molar-refractivity contribution in [3.63, 3.8) is 0 Å². The SMILES string of the molecule is C=C(C)C=CC1=C(C)CCc2ccccc2N1C1C=CC2=C(C1)C(C)(C)c1cc(C=Cc3ccc4c5cccc6c(N7c8ccccc8CCc8ccccc87)ccc(c7cccc3c47)c65)ccc12. The van der Waals surface area contributed by atoms with E-state index < -0.39 is 0 Å². The number of para-hydroxylation sites is 3. The first-order chi connectivity index (χ1) is 33.7. The molecule has 1 unspecified atom stereocenters. The van der Waals surface area contributed by atoms with Crippen LogP contribution in [0.15, 0.2) is 205 Å². The van der Waals surface area contributed by atoms with Gasteiger partial charge in [-0.3, -0.25) is 0 Å². The van der Waals surface area contributed by atoms with Crippen LogP contribution in [0.4, 0.5) is 22.7 Å². The maximum atomic E-state index is 4.20. The van der Waals surface area contributed by atoms with Gasteiger partial charge in [-0.25, -0.2) is 0 Å². The molecule has 4 aliphatic rings. The Hall–Kier alpha value is -7.68. The maximum absolute atomic E-state index is 4.20. The maximum Gasteiger partial charge on any atom is 0.0563 e. The van der Waals surface area contributed by atoms with Gasteiger partial charge in [-0.05, 0) is 170 Å². The van der Waals surface area contributed by atoms with Crippen LogP contribution in [0, 0.1) is 0 Å². The molecule has 2 aliphatic heterocycles. The van der Waals surface area contributed by atoms with Crippen LogP contribution in [0.2, 0.25) is 0 Å². The number of rotatable bonds is 6. The van der Waals surface area contributed by atoms with Crippen LogP contribution in [0.5, 0.6) is 0 Å². The highest BCUT2D eigenvalue weighted by atomic mass is 15.2. The smallest absolute Gasteiger partial charge is 0.0563 e. The molecule has 9 aromatic rings. The monoisotopic (exact) mass is 888 g/mol. The van der Waals surface area contributed by atoms with Gasteiger partial charge in [0.1, 0.15) is 0 Å². The lowest BCUT2D eigenvalue weighted by atomic mass is 9.77. The number of hydrogen-bond acceptors (Lipinski definition) is 2. The van der Waals surface area contributed by atoms with Crippen molar-refractivity contribution < 1.29 is 0 Å². The van der Waals surface area contributed by atoms with Crippen molar-refractivity contribution >= 4 is 83.6 Å². The molecule has 9 aromatic carbocycles. The zero-order valence-electron chi connectivity index (χ0n) is 40.1. The second-order valence-corrected chi connectivity index (χ2v) is 20.5. The van der Waals surface area contributed by atoms with Crippen molar-refractivity contribution in [1.29, 1.82) is 0 Å². The van der Waals surface area contributed by atoms with Crippen molar-refractivity contribution in [2.75, 3.05) is 9.80 Å². The molecule has 0 bridgehead atoms. The van der Waals surface area contributed by atoms with E-state index in [0.717, 1.165) is 37.7 Å². The Morgan fingerprint density at radius 2 is 1.17 bits per heavy atom. The molecule has 0 saturated carbocycles. The minimum Gasteiger partial charge on any atom is -0.334 e. The minimum absolute atomic E-state index is 0.107. The van der Waals surface area contributed by atoms with Crippen LogP contribution in [0.3, 0.4) is 0 Å². The number of hydrogen-bond donors (Lipinski definition) is 0. The highest BCUT2D eigenvalue weighted by Gasteiger charge is 2.41. The van der Waals surface area contributed by atoms with E-state index in [-0.39, 0.29) is 11.5 Å². The lowest BCUT2D eigenvalue weighted by Gasteiger charge is -2.38. The predicted molar refractivity (Wildman–Crippen MR) is 297 cm³/mol. The molecule has 0 radical (unpaired) electrons. The fourth-order valence-electron chi connectivity index (χ4n) is 12.6. The average molecular weight is 889 g/mol. The van der Waals surface area contributed by atoms with Gasteiger partial charge in [0, 0.05) is 33.6 Å². The molecule has 334 valence electrons. The van der Waals surface area contributed by atoms with E-state index in [4.69, 9.17) is 0 Å². The van der Waals surface area contributed by atoms with Crippen molar-refractivity contribution in [2.24, 2.45) is 0 Å². The topological polar surface area (TPSA) is 6.48 Å². The molecule has 0 fully saturated rings. The third kappa shape index (κ3) is 6.53. The zero-order chi connectivity index (χ0) is 46.5. The highest BCUT2D eigenvalue weighted by molar-refractivity contribution is 6.35. The molecule has 0 aromatic heterocycles. The molecule has 0 amide bonds. The van der Waals surface area contributed by atoms with Crippen LogP contribution in [-0.2, 0) is 24.7 Å². The second-order valence-electron chi connectivity index (χ2n) is 20.5. The molecule has 13 rings (SSSR count). The average Bonchev–Trinajstić information content (AvgIpc) is 3.47. The van der Waals surface area contributed by atoms with Crippen LogP contribution < -0.4 is 9.80 Å². The molecule has 0 saturated heterocycles. The zero-order valence-corrected chi connectivity index (χ0v) is 40.1. The number of anilines is 4. The molecule has 2 aliphatic carbocycles. The normalized spacial score (nSPS) is 17.5. The number of aryl methyl sites for hydroxylation is 3. The molecule has 0 spiro atoms. The summed E-state index contributed by atoms with van der Waals surface area (Å²) in [6.07, 6.45) is 19.2. The molecule has 2 heterocycles. The second kappa shape index (κ2) is 16.0. The third-order valence-electron chi connectivity index (χ3n) is 16.1. The van der Waals surface area contributed by atoms with Gasteiger partial charge in [0.15, 0.2) is 0 Å². The van der Waals surface area contributed by atoms with Crippen LogP contribution in [0.25, 0.3) is 60.8 Å². The first-order valence-corrected chi connectivity index (χ1v) is 25.0. The summed E-state index contributed by atoms with van der Waals surface area (Å²) in [5.74, 6) is 0. The summed E-state index contributed by atoms with van der Waals surface area (Å²) in [7, 11) is 0. The summed E-state index contributed by atoms with van der Waals surface area (Å²) in [6, 6.07) is 57.6. The van der Waals surface area contributed by atoms with Gasteiger partial charge >= 0.3 is 0 Å². The van der Waals surface area contributed by atoms with Gasteiger partial charge < -0.3 is 9.80 Å². The predicted octanol–water partition coefficient (Wildman–Crippen LogP) is 17.7. The minimum atomic E-state index is -0.107. The Labute approximate surface area is 406 Å². The first-order valence-electron chi connectivity index (χ1n) is 25.0. The van der Waals surface area contributed by atoms with E-state index in [1.165, 1.54) is 127 Å². The van der Waals surface area contributed by atoms with E-state index in [2.05, 4.69) is 232 Å². The van der Waals surface area contributed by atoms with Crippen molar-refractivity contribution in [2.45, 2.75) is 71.3 Å². The summed E-state index contributed by atoms with van der Waals surface area (Å²) in [6.45, 7) is 13.5. The fraction of sp³-hybridized carbons (Fsp3) is 0.164. The number of benzene rings is 9. The Balaban J connectivity index is 0.851. The lowest BCUT2D eigenvalue weighted by molar-refractivity contribution is 0.581. The highest BCUT2D eigenvalue weighted by Crippen LogP contribution is 2.53. The van der Waals surface area contributed by atoms with E-state index in [1.54, 1.807) is 0 Å². The summed E-state index contributed by atoms with van der Waals surface area (Å²) >= 11 is 0. The van der Waals surface area contributed by atoms with Crippen LogP contribution >= 0.6 is 0 Å². The Morgan fingerprint density at radius 1 is 0.580 bits per heavy atom. The summed E-state index contributed by atoms with van der Waals surface area (Å²) < 4.78 is 0. The van der Waals surface area contributed by atoms with Gasteiger partial charge in [-0.1, -0.05) is 184 Å². The van der Waals surface area contributed by atoms with Gasteiger partial charge in [0.05, 0.1) is 11.7 Å². The van der Waals surface area contributed by atoms with Gasteiger partial charge in [0.25, 0.3) is 0 Å². The van der Waals surface area contributed by atoms with Crippen LogP contribution in [0.1, 0.15) is 79.5 Å². The van der Waals surface area contributed by atoms with Crippen molar-refractivity contribution in [3.8, 4) is 0 Å². The van der Waals surface area contributed by atoms with Gasteiger partial charge in [0.2, 0.25) is 0 Å². The standard InChI is InChI=1S/C67H56N2/c1-42(2)24-38-60-43(3)25-28-46-14-6-9-21-61(46)68(60)49-33-36-52-51-34-27-44(40-58(51)67(4,5)59(52)41-49)26-29-45-32-35-55-54-19-13-20-57-64(39-37-56(66(54)57)53-18-12-17-50(45)65(53)55)69-62-22-10-7-15-47(62)30-31-48-16-8-11-23-63(48)69/h6-24,26-27,29,32-40,49H,1,25,28,30-31,41H2,2-5H3. The Morgan fingerprint density at radius 3 is 1.88 bits per heavy atom. The molecule has 2 nitrogen and oxygen atoms in total. The van der Waals surface area contributed by atoms with E-state index in [1.807, 2.05) is 0 Å². The van der Waals surface area contributed by atoms with Gasteiger partial charge in [-0.2, -0.15) is 0 Å². The first kappa shape index (κ1) is 41.5. The summed E-state index contributed by atoms with van der Waals surface area (Å²) in [5.41, 5.74) is 21.2. The quantitative estimate of drug-likeness (QED) is 0.0710.